The summed E-state index contributed by atoms with van der Waals surface area (Å²) in [6, 6.07) is 6.32. The Bertz CT molecular complexity index is 1980. The van der Waals surface area contributed by atoms with Crippen LogP contribution in [0.1, 0.15) is 33.2 Å². The van der Waals surface area contributed by atoms with Gasteiger partial charge in [0.2, 0.25) is 5.88 Å². The summed E-state index contributed by atoms with van der Waals surface area (Å²) >= 11 is 0. The monoisotopic (exact) mass is 699 g/mol. The van der Waals surface area contributed by atoms with Gasteiger partial charge in [0.1, 0.15) is 22.9 Å². The first-order valence-electron chi connectivity index (χ1n) is 13.3. The molecule has 0 saturated heterocycles. The molecular weight excluding hydrogens is 671 g/mol. The first-order valence-corrected chi connectivity index (χ1v) is 16.6. The summed E-state index contributed by atoms with van der Waals surface area (Å²) in [6.45, 7) is -0.168. The molecule has 1 aliphatic rings. The van der Waals surface area contributed by atoms with E-state index in [1.165, 1.54) is 25.3 Å². The molecule has 47 heavy (non-hydrogen) atoms. The molecule has 0 radical (unpaired) electrons. The molecule has 0 aliphatic carbocycles. The van der Waals surface area contributed by atoms with Crippen molar-refractivity contribution in [2.45, 2.75) is 18.5 Å². The van der Waals surface area contributed by atoms with Crippen molar-refractivity contribution >= 4 is 43.5 Å². The Morgan fingerprint density at radius 3 is 2.47 bits per heavy atom. The Labute approximate surface area is 266 Å². The Balaban J connectivity index is 1.62. The van der Waals surface area contributed by atoms with Crippen LogP contribution in [0.15, 0.2) is 47.5 Å². The van der Waals surface area contributed by atoms with Gasteiger partial charge in [0.15, 0.2) is 15.5 Å². The predicted octanol–water partition coefficient (Wildman–Crippen LogP) is 2.15. The largest absolute Gasteiger partial charge is 0.497 e. The molecule has 2 aromatic heterocycles. The SMILES string of the molecule is COc1cc(N)cc(OCCc2cc(C(F)(F)F)nn2C(=N)C(C=N)c2cnc(OC)c(C(=O)NS(=O)(=O)C3=CCS(=O)(=O)C3)c2)c1. The molecule has 4 rings (SSSR count). The molecule has 1 aromatic carbocycles. The highest BCUT2D eigenvalue weighted by atomic mass is 32.2. The first kappa shape index (κ1) is 34.9. The van der Waals surface area contributed by atoms with Crippen LogP contribution in [-0.2, 0) is 32.5 Å². The van der Waals surface area contributed by atoms with Crippen LogP contribution in [0, 0.1) is 10.8 Å². The van der Waals surface area contributed by atoms with Gasteiger partial charge < -0.3 is 25.4 Å². The number of sulfonamides is 1. The fourth-order valence-electron chi connectivity index (χ4n) is 4.43. The highest BCUT2D eigenvalue weighted by Gasteiger charge is 2.36. The van der Waals surface area contributed by atoms with Gasteiger partial charge in [-0.1, -0.05) is 6.08 Å². The van der Waals surface area contributed by atoms with Crippen molar-refractivity contribution in [1.29, 1.82) is 10.8 Å². The number of aromatic nitrogens is 3. The summed E-state index contributed by atoms with van der Waals surface area (Å²) in [5, 5.41) is 20.2. The standard InChI is InChI=1S/C27H28F3N7O8S2/c1-43-18-8-16(32)9-19(11-18)45-5-3-17-10-23(27(28,29)30)35-37(17)24(33)22(12-31)15-7-21(26(44-2)34-13-15)25(38)36-47(41,42)20-4-6-46(39,40)14-20/h4,7-13,22,31,33H,3,5-6,14,32H2,1-2H3,(H,36,38). The molecule has 1 atom stereocenters. The van der Waals surface area contributed by atoms with Gasteiger partial charge in [-0.3, -0.25) is 10.2 Å². The van der Waals surface area contributed by atoms with Crippen LogP contribution in [0.25, 0.3) is 0 Å². The van der Waals surface area contributed by atoms with Crippen molar-refractivity contribution < 1.29 is 49.0 Å². The zero-order valence-corrected chi connectivity index (χ0v) is 26.3. The number of hydrogen-bond acceptors (Lipinski definition) is 13. The van der Waals surface area contributed by atoms with E-state index in [1.807, 2.05) is 0 Å². The number of nitrogens with two attached hydrogens (primary N) is 1. The normalized spacial score (nSPS) is 15.0. The minimum absolute atomic E-state index is 0.0749. The lowest BCUT2D eigenvalue weighted by Gasteiger charge is -2.18. The molecule has 0 bridgehead atoms. The third-order valence-corrected chi connectivity index (χ3v) is 9.76. The van der Waals surface area contributed by atoms with E-state index in [0.29, 0.717) is 22.3 Å². The maximum Gasteiger partial charge on any atom is 0.435 e. The van der Waals surface area contributed by atoms with Crippen molar-refractivity contribution in [3.05, 3.63) is 70.0 Å². The number of nitrogens with zero attached hydrogens (tertiary/aromatic N) is 3. The number of anilines is 1. The fraction of sp³-hybridized carbons (Fsp3) is 0.296. The highest BCUT2D eigenvalue weighted by molar-refractivity contribution is 7.98. The van der Waals surface area contributed by atoms with Gasteiger partial charge >= 0.3 is 6.18 Å². The maximum absolute atomic E-state index is 13.7. The third-order valence-electron chi connectivity index (χ3n) is 6.70. The number of ether oxygens (including phenoxy) is 3. The second-order valence-corrected chi connectivity index (χ2v) is 13.8. The number of amides is 1. The van der Waals surface area contributed by atoms with Crippen LogP contribution in [0.3, 0.4) is 0 Å². The molecule has 20 heteroatoms. The number of carbonyl (C=O) groups excluding carboxylic acids is 1. The molecule has 0 saturated carbocycles. The Kier molecular flexibility index (Phi) is 9.95. The highest BCUT2D eigenvalue weighted by Crippen LogP contribution is 2.31. The number of benzene rings is 1. The molecule has 3 aromatic rings. The zero-order chi connectivity index (χ0) is 34.7. The molecule has 15 nitrogen and oxygen atoms in total. The van der Waals surface area contributed by atoms with Crippen LogP contribution in [0.5, 0.6) is 17.4 Å². The van der Waals surface area contributed by atoms with Gasteiger partial charge in [-0.2, -0.15) is 18.3 Å². The van der Waals surface area contributed by atoms with E-state index in [4.69, 9.17) is 30.8 Å². The average molecular weight is 700 g/mol. The Hall–Kier alpha value is -4.98. The summed E-state index contributed by atoms with van der Waals surface area (Å²) in [4.78, 5) is 16.5. The minimum atomic E-state index is -4.88. The lowest BCUT2D eigenvalue weighted by molar-refractivity contribution is -0.141. The van der Waals surface area contributed by atoms with E-state index in [2.05, 4.69) is 10.1 Å². The average Bonchev–Trinajstić information content (AvgIpc) is 3.60. The van der Waals surface area contributed by atoms with E-state index in [9.17, 15) is 34.8 Å². The quantitative estimate of drug-likeness (QED) is 0.122. The fourth-order valence-corrected chi connectivity index (χ4v) is 7.60. The molecule has 3 heterocycles. The first-order chi connectivity index (χ1) is 22.0. The molecule has 0 fully saturated rings. The summed E-state index contributed by atoms with van der Waals surface area (Å²) in [5.41, 5.74) is 4.17. The number of pyridine rings is 1. The van der Waals surface area contributed by atoms with E-state index >= 15 is 0 Å². The molecule has 252 valence electrons. The van der Waals surface area contributed by atoms with Gasteiger partial charge in [-0.05, 0) is 17.7 Å². The minimum Gasteiger partial charge on any atom is -0.497 e. The lowest BCUT2D eigenvalue weighted by Crippen LogP contribution is -2.33. The van der Waals surface area contributed by atoms with Crippen molar-refractivity contribution in [3.8, 4) is 17.4 Å². The molecule has 1 aliphatic heterocycles. The lowest BCUT2D eigenvalue weighted by atomic mass is 9.99. The van der Waals surface area contributed by atoms with Crippen molar-refractivity contribution in [1.82, 2.24) is 19.5 Å². The predicted molar refractivity (Wildman–Crippen MR) is 162 cm³/mol. The topological polar surface area (TPSA) is 229 Å². The molecule has 1 amide bonds. The Morgan fingerprint density at radius 2 is 1.87 bits per heavy atom. The second kappa shape index (κ2) is 13.4. The van der Waals surface area contributed by atoms with Crippen molar-refractivity contribution in [3.63, 3.8) is 0 Å². The number of sulfone groups is 1. The molecular formula is C27H28F3N7O8S2. The number of nitrogen functional groups attached to an aromatic ring is 1. The summed E-state index contributed by atoms with van der Waals surface area (Å²) in [7, 11) is -5.73. The van der Waals surface area contributed by atoms with Crippen molar-refractivity contribution in [2.24, 2.45) is 0 Å². The smallest absolute Gasteiger partial charge is 0.435 e. The van der Waals surface area contributed by atoms with Crippen LogP contribution < -0.4 is 24.7 Å². The van der Waals surface area contributed by atoms with Gasteiger partial charge in [0.25, 0.3) is 15.9 Å². The van der Waals surface area contributed by atoms with E-state index < -0.39 is 71.4 Å². The number of halogens is 3. The maximum atomic E-state index is 13.7. The van der Waals surface area contributed by atoms with Crippen molar-refractivity contribution in [2.75, 3.05) is 38.1 Å². The van der Waals surface area contributed by atoms with Gasteiger partial charge in [0.05, 0.1) is 43.2 Å². The number of alkyl halides is 3. The van der Waals surface area contributed by atoms with Gasteiger partial charge in [-0.15, -0.1) is 0 Å². The second-order valence-electron chi connectivity index (χ2n) is 9.99. The molecule has 1 unspecified atom stereocenters. The number of nitrogens with one attached hydrogen (secondary N) is 3. The molecule has 5 N–H and O–H groups in total. The van der Waals surface area contributed by atoms with Crippen LogP contribution in [0.4, 0.5) is 18.9 Å². The Morgan fingerprint density at radius 1 is 1.17 bits per heavy atom. The van der Waals surface area contributed by atoms with Crippen LogP contribution in [-0.4, -0.2) is 81.9 Å². The zero-order valence-electron chi connectivity index (χ0n) is 24.7. The van der Waals surface area contributed by atoms with E-state index in [0.717, 1.165) is 31.5 Å². The van der Waals surface area contributed by atoms with Crippen LogP contribution in [0.2, 0.25) is 0 Å². The molecule has 0 spiro atoms. The van der Waals surface area contributed by atoms with Gasteiger partial charge in [-0.25, -0.2) is 31.2 Å². The number of carbonyl (C=O) groups is 1. The summed E-state index contributed by atoms with van der Waals surface area (Å²) in [6.07, 6.45) is -2.31. The summed E-state index contributed by atoms with van der Waals surface area (Å²) < 4.78 is 108. The summed E-state index contributed by atoms with van der Waals surface area (Å²) in [5.74, 6) is -4.36. The van der Waals surface area contributed by atoms with E-state index in [1.54, 1.807) is 4.72 Å². The third kappa shape index (κ3) is 8.06. The number of methoxy groups -OCH3 is 2. The van der Waals surface area contributed by atoms with Gasteiger partial charge in [0, 0.05) is 48.4 Å². The number of hydrogen-bond donors (Lipinski definition) is 4. The number of rotatable bonds is 12. The van der Waals surface area contributed by atoms with Crippen LogP contribution >= 0.6 is 0 Å². The van der Waals surface area contributed by atoms with E-state index in [-0.39, 0.29) is 35.9 Å².